The molecule has 0 saturated carbocycles. The van der Waals surface area contributed by atoms with Crippen LogP contribution in [-0.4, -0.2) is 9.97 Å². The fourth-order valence-electron chi connectivity index (χ4n) is 1.61. The fraction of sp³-hybridized carbons (Fsp3) is 0.333. The number of rotatable bonds is 1. The molecule has 2 aromatic rings. The second-order valence-electron chi connectivity index (χ2n) is 4.13. The summed E-state index contributed by atoms with van der Waals surface area (Å²) in [7, 11) is 0. The van der Waals surface area contributed by atoms with Gasteiger partial charge in [-0.1, -0.05) is 19.9 Å². The van der Waals surface area contributed by atoms with Crippen LogP contribution in [-0.2, 0) is 0 Å². The summed E-state index contributed by atoms with van der Waals surface area (Å²) in [5, 5.41) is 0. The number of hydrogen-bond acceptors (Lipinski definition) is 2. The SMILES string of the molecule is Cc1ccc2nc(C(C)C)c(=O)[nH]c2c1. The summed E-state index contributed by atoms with van der Waals surface area (Å²) in [5.41, 5.74) is 3.31. The molecule has 2 rings (SSSR count). The molecule has 0 atom stereocenters. The standard InChI is InChI=1S/C12H14N2O/c1-7(2)11-12(15)14-10-6-8(3)4-5-9(10)13-11/h4-7H,1-3H3,(H,14,15). The topological polar surface area (TPSA) is 45.8 Å². The van der Waals surface area contributed by atoms with Gasteiger partial charge in [0.1, 0.15) is 5.69 Å². The van der Waals surface area contributed by atoms with E-state index in [1.165, 1.54) is 0 Å². The van der Waals surface area contributed by atoms with E-state index in [1.807, 2.05) is 39.0 Å². The van der Waals surface area contributed by atoms with Crippen molar-refractivity contribution in [2.24, 2.45) is 0 Å². The zero-order chi connectivity index (χ0) is 11.0. The van der Waals surface area contributed by atoms with E-state index in [9.17, 15) is 4.79 Å². The summed E-state index contributed by atoms with van der Waals surface area (Å²) in [6, 6.07) is 5.87. The molecule has 0 amide bonds. The number of aromatic amines is 1. The van der Waals surface area contributed by atoms with Gasteiger partial charge in [-0.3, -0.25) is 4.79 Å². The maximum Gasteiger partial charge on any atom is 0.270 e. The molecule has 1 heterocycles. The number of aromatic nitrogens is 2. The first-order valence-corrected chi connectivity index (χ1v) is 5.08. The molecular formula is C12H14N2O. The first-order valence-electron chi connectivity index (χ1n) is 5.08. The maximum atomic E-state index is 11.7. The lowest BCUT2D eigenvalue weighted by Crippen LogP contribution is -2.16. The van der Waals surface area contributed by atoms with Crippen LogP contribution in [0.3, 0.4) is 0 Å². The number of H-pyrrole nitrogens is 1. The molecular weight excluding hydrogens is 188 g/mol. The van der Waals surface area contributed by atoms with E-state index in [1.54, 1.807) is 0 Å². The predicted molar refractivity (Wildman–Crippen MR) is 61.2 cm³/mol. The third kappa shape index (κ3) is 1.77. The lowest BCUT2D eigenvalue weighted by molar-refractivity contribution is 0.807. The summed E-state index contributed by atoms with van der Waals surface area (Å²) in [6.45, 7) is 5.93. The summed E-state index contributed by atoms with van der Waals surface area (Å²) in [4.78, 5) is 18.9. The molecule has 3 heteroatoms. The van der Waals surface area contributed by atoms with Gasteiger partial charge in [0.15, 0.2) is 0 Å². The Morgan fingerprint density at radius 2 is 2.07 bits per heavy atom. The van der Waals surface area contributed by atoms with Gasteiger partial charge in [0, 0.05) is 5.92 Å². The molecule has 15 heavy (non-hydrogen) atoms. The molecule has 78 valence electrons. The van der Waals surface area contributed by atoms with E-state index in [2.05, 4.69) is 9.97 Å². The van der Waals surface area contributed by atoms with Crippen LogP contribution >= 0.6 is 0 Å². The van der Waals surface area contributed by atoms with Crippen molar-refractivity contribution in [2.45, 2.75) is 26.7 Å². The van der Waals surface area contributed by atoms with Crippen LogP contribution in [0, 0.1) is 6.92 Å². The smallest absolute Gasteiger partial charge is 0.270 e. The van der Waals surface area contributed by atoms with Crippen molar-refractivity contribution >= 4 is 11.0 Å². The molecule has 0 radical (unpaired) electrons. The van der Waals surface area contributed by atoms with Gasteiger partial charge in [0.05, 0.1) is 11.0 Å². The van der Waals surface area contributed by atoms with Crippen LogP contribution in [0.15, 0.2) is 23.0 Å². The Labute approximate surface area is 88.2 Å². The number of aryl methyl sites for hydroxylation is 1. The Morgan fingerprint density at radius 1 is 1.33 bits per heavy atom. The highest BCUT2D eigenvalue weighted by Crippen LogP contribution is 2.13. The molecule has 0 bridgehead atoms. The minimum absolute atomic E-state index is 0.0805. The van der Waals surface area contributed by atoms with Gasteiger partial charge >= 0.3 is 0 Å². The number of nitrogens with one attached hydrogen (secondary N) is 1. The Kier molecular flexibility index (Phi) is 2.31. The van der Waals surface area contributed by atoms with Crippen molar-refractivity contribution in [2.75, 3.05) is 0 Å². The van der Waals surface area contributed by atoms with E-state index >= 15 is 0 Å². The largest absolute Gasteiger partial charge is 0.319 e. The third-order valence-corrected chi connectivity index (χ3v) is 2.42. The molecule has 1 N–H and O–H groups in total. The summed E-state index contributed by atoms with van der Waals surface area (Å²) in [5.74, 6) is 0.152. The van der Waals surface area contributed by atoms with Gasteiger partial charge in [0.25, 0.3) is 5.56 Å². The predicted octanol–water partition coefficient (Wildman–Crippen LogP) is 2.35. The summed E-state index contributed by atoms with van der Waals surface area (Å²) < 4.78 is 0. The van der Waals surface area contributed by atoms with Crippen molar-refractivity contribution in [3.63, 3.8) is 0 Å². The van der Waals surface area contributed by atoms with E-state index in [0.717, 1.165) is 16.6 Å². The monoisotopic (exact) mass is 202 g/mol. The van der Waals surface area contributed by atoms with Crippen molar-refractivity contribution in [3.8, 4) is 0 Å². The molecule has 0 aliphatic rings. The molecule has 1 aromatic heterocycles. The minimum atomic E-state index is -0.0805. The second kappa shape index (κ2) is 3.50. The highest BCUT2D eigenvalue weighted by Gasteiger charge is 2.08. The van der Waals surface area contributed by atoms with Gasteiger partial charge in [-0.05, 0) is 24.6 Å². The molecule has 0 aliphatic heterocycles. The van der Waals surface area contributed by atoms with Crippen LogP contribution in [0.25, 0.3) is 11.0 Å². The van der Waals surface area contributed by atoms with Crippen molar-refractivity contribution < 1.29 is 0 Å². The first kappa shape index (κ1) is 9.90. The van der Waals surface area contributed by atoms with Gasteiger partial charge in [0.2, 0.25) is 0 Å². The van der Waals surface area contributed by atoms with Crippen LogP contribution < -0.4 is 5.56 Å². The van der Waals surface area contributed by atoms with Crippen molar-refractivity contribution in [1.82, 2.24) is 9.97 Å². The number of fused-ring (bicyclic) bond motifs is 1. The first-order chi connectivity index (χ1) is 7.08. The number of nitrogens with zero attached hydrogens (tertiary/aromatic N) is 1. The number of hydrogen-bond donors (Lipinski definition) is 1. The fourth-order valence-corrected chi connectivity index (χ4v) is 1.61. The Bertz CT molecular complexity index is 555. The van der Waals surface area contributed by atoms with E-state index in [-0.39, 0.29) is 11.5 Å². The maximum absolute atomic E-state index is 11.7. The molecule has 0 fully saturated rings. The van der Waals surface area contributed by atoms with E-state index < -0.39 is 0 Å². The van der Waals surface area contributed by atoms with Gasteiger partial charge < -0.3 is 4.98 Å². The average Bonchev–Trinajstić information content (AvgIpc) is 2.15. The summed E-state index contributed by atoms with van der Waals surface area (Å²) in [6.07, 6.45) is 0. The zero-order valence-corrected chi connectivity index (χ0v) is 9.16. The molecule has 0 aliphatic carbocycles. The average molecular weight is 202 g/mol. The van der Waals surface area contributed by atoms with E-state index in [0.29, 0.717) is 5.69 Å². The quantitative estimate of drug-likeness (QED) is 0.771. The van der Waals surface area contributed by atoms with Crippen LogP contribution in [0.1, 0.15) is 31.0 Å². The van der Waals surface area contributed by atoms with Crippen LogP contribution in [0.4, 0.5) is 0 Å². The highest BCUT2D eigenvalue weighted by molar-refractivity contribution is 5.74. The Hall–Kier alpha value is -1.64. The van der Waals surface area contributed by atoms with Crippen LogP contribution in [0.2, 0.25) is 0 Å². The lowest BCUT2D eigenvalue weighted by Gasteiger charge is -2.05. The van der Waals surface area contributed by atoms with E-state index in [4.69, 9.17) is 0 Å². The molecule has 3 nitrogen and oxygen atoms in total. The third-order valence-electron chi connectivity index (χ3n) is 2.42. The van der Waals surface area contributed by atoms with Crippen molar-refractivity contribution in [1.29, 1.82) is 0 Å². The minimum Gasteiger partial charge on any atom is -0.319 e. The van der Waals surface area contributed by atoms with Gasteiger partial charge in [-0.25, -0.2) is 4.98 Å². The normalized spacial score (nSPS) is 11.2. The zero-order valence-electron chi connectivity index (χ0n) is 9.16. The number of benzene rings is 1. The molecule has 0 unspecified atom stereocenters. The second-order valence-corrected chi connectivity index (χ2v) is 4.13. The highest BCUT2D eigenvalue weighted by atomic mass is 16.1. The Morgan fingerprint density at radius 3 is 2.73 bits per heavy atom. The van der Waals surface area contributed by atoms with Gasteiger partial charge in [-0.2, -0.15) is 0 Å². The van der Waals surface area contributed by atoms with Gasteiger partial charge in [-0.15, -0.1) is 0 Å². The molecule has 1 aromatic carbocycles. The Balaban J connectivity index is 2.76. The van der Waals surface area contributed by atoms with Crippen molar-refractivity contribution in [3.05, 3.63) is 39.8 Å². The summed E-state index contributed by atoms with van der Waals surface area (Å²) >= 11 is 0. The molecule has 0 spiro atoms. The molecule has 0 saturated heterocycles. The van der Waals surface area contributed by atoms with Crippen LogP contribution in [0.5, 0.6) is 0 Å². The lowest BCUT2D eigenvalue weighted by atomic mass is 10.1.